The van der Waals surface area contributed by atoms with Gasteiger partial charge in [-0.05, 0) is 29.8 Å². The van der Waals surface area contributed by atoms with Crippen LogP contribution in [0.25, 0.3) is 0 Å². The van der Waals surface area contributed by atoms with Crippen LogP contribution >= 0.6 is 0 Å². The summed E-state index contributed by atoms with van der Waals surface area (Å²) in [6.45, 7) is 4.49. The van der Waals surface area contributed by atoms with Gasteiger partial charge in [0.2, 0.25) is 5.82 Å². The van der Waals surface area contributed by atoms with E-state index in [4.69, 9.17) is 4.74 Å². The molecule has 0 saturated carbocycles. The largest absolute Gasteiger partial charge is 0.451 e. The van der Waals surface area contributed by atoms with E-state index in [1.807, 2.05) is 13.8 Å². The van der Waals surface area contributed by atoms with Gasteiger partial charge in [-0.2, -0.15) is 4.39 Å². The number of benzene rings is 2. The average molecular weight is 295 g/mol. The fraction of sp³-hybridized carbons (Fsp3) is 0.250. The molecule has 2 nitrogen and oxygen atoms in total. The summed E-state index contributed by atoms with van der Waals surface area (Å²) in [6.07, 6.45) is 0. The quantitative estimate of drug-likeness (QED) is 0.883. The molecule has 0 amide bonds. The van der Waals surface area contributed by atoms with E-state index in [1.54, 1.807) is 6.07 Å². The van der Waals surface area contributed by atoms with Crippen LogP contribution in [0.15, 0.2) is 36.4 Å². The van der Waals surface area contributed by atoms with Gasteiger partial charge in [-0.15, -0.1) is 0 Å². The highest BCUT2D eigenvalue weighted by Crippen LogP contribution is 2.28. The molecule has 21 heavy (non-hydrogen) atoms. The molecule has 2 aromatic rings. The summed E-state index contributed by atoms with van der Waals surface area (Å²) in [5, 5.41) is 3.16. The van der Waals surface area contributed by atoms with E-state index in [2.05, 4.69) is 5.32 Å². The van der Waals surface area contributed by atoms with Crippen LogP contribution in [0.2, 0.25) is 0 Å². The van der Waals surface area contributed by atoms with Crippen molar-refractivity contribution in [1.29, 1.82) is 0 Å². The van der Waals surface area contributed by atoms with Crippen molar-refractivity contribution in [3.8, 4) is 11.5 Å². The van der Waals surface area contributed by atoms with Gasteiger partial charge in [-0.1, -0.05) is 26.0 Å². The monoisotopic (exact) mass is 295 g/mol. The van der Waals surface area contributed by atoms with Crippen molar-refractivity contribution in [3.63, 3.8) is 0 Å². The second kappa shape index (κ2) is 6.63. The lowest BCUT2D eigenvalue weighted by Crippen LogP contribution is -2.21. The van der Waals surface area contributed by atoms with E-state index in [-0.39, 0.29) is 17.5 Å². The fourth-order valence-corrected chi connectivity index (χ4v) is 1.74. The van der Waals surface area contributed by atoms with Crippen molar-refractivity contribution in [2.24, 2.45) is 0 Å². The Morgan fingerprint density at radius 1 is 1.00 bits per heavy atom. The molecule has 0 radical (unpaired) electrons. The first-order valence-electron chi connectivity index (χ1n) is 6.61. The van der Waals surface area contributed by atoms with Gasteiger partial charge in [0.15, 0.2) is 23.1 Å². The van der Waals surface area contributed by atoms with Gasteiger partial charge in [-0.25, -0.2) is 8.78 Å². The minimum absolute atomic E-state index is 0.146. The molecule has 0 spiro atoms. The third kappa shape index (κ3) is 3.98. The van der Waals surface area contributed by atoms with Crippen LogP contribution in [0.3, 0.4) is 0 Å². The Balaban J connectivity index is 2.16. The first-order valence-corrected chi connectivity index (χ1v) is 6.61. The molecule has 112 valence electrons. The fourth-order valence-electron chi connectivity index (χ4n) is 1.74. The van der Waals surface area contributed by atoms with E-state index in [0.29, 0.717) is 6.54 Å². The summed E-state index contributed by atoms with van der Waals surface area (Å²) in [4.78, 5) is 0. The lowest BCUT2D eigenvalue weighted by Gasteiger charge is -2.11. The normalized spacial score (nSPS) is 11.0. The predicted molar refractivity (Wildman–Crippen MR) is 74.8 cm³/mol. The van der Waals surface area contributed by atoms with Crippen LogP contribution in [0, 0.1) is 17.5 Å². The van der Waals surface area contributed by atoms with Gasteiger partial charge in [0.25, 0.3) is 0 Å². The standard InChI is InChI=1S/C16H16F3NO/c1-10(2)20-9-11-6-7-14(13(18)8-11)21-15-5-3-4-12(17)16(15)19/h3-8,10,20H,9H2,1-2H3. The molecule has 0 saturated heterocycles. The zero-order valence-corrected chi connectivity index (χ0v) is 11.8. The molecule has 5 heteroatoms. The van der Waals surface area contributed by atoms with Crippen LogP contribution in [0.1, 0.15) is 19.4 Å². The smallest absolute Gasteiger partial charge is 0.201 e. The summed E-state index contributed by atoms with van der Waals surface area (Å²) < 4.78 is 45.6. The second-order valence-corrected chi connectivity index (χ2v) is 4.95. The molecule has 0 aliphatic carbocycles. The number of hydrogen-bond acceptors (Lipinski definition) is 2. The van der Waals surface area contributed by atoms with Gasteiger partial charge in [0.1, 0.15) is 0 Å². The molecule has 0 unspecified atom stereocenters. The van der Waals surface area contributed by atoms with Crippen LogP contribution < -0.4 is 10.1 Å². The highest BCUT2D eigenvalue weighted by Gasteiger charge is 2.12. The van der Waals surface area contributed by atoms with Crippen LogP contribution in [0.5, 0.6) is 11.5 Å². The van der Waals surface area contributed by atoms with Crippen LogP contribution in [-0.4, -0.2) is 6.04 Å². The SMILES string of the molecule is CC(C)NCc1ccc(Oc2cccc(F)c2F)c(F)c1. The molecule has 1 N–H and O–H groups in total. The molecule has 2 aromatic carbocycles. The van der Waals surface area contributed by atoms with Gasteiger partial charge in [-0.3, -0.25) is 0 Å². The van der Waals surface area contributed by atoms with Crippen molar-refractivity contribution in [2.75, 3.05) is 0 Å². The minimum Gasteiger partial charge on any atom is -0.451 e. The van der Waals surface area contributed by atoms with Crippen molar-refractivity contribution in [2.45, 2.75) is 26.4 Å². The predicted octanol–water partition coefficient (Wildman–Crippen LogP) is 4.39. The first-order chi connectivity index (χ1) is 9.97. The number of halogens is 3. The maximum atomic E-state index is 13.9. The Morgan fingerprint density at radius 2 is 1.76 bits per heavy atom. The van der Waals surface area contributed by atoms with Crippen LogP contribution in [0.4, 0.5) is 13.2 Å². The third-order valence-corrected chi connectivity index (χ3v) is 2.85. The average Bonchev–Trinajstić information content (AvgIpc) is 2.44. The van der Waals surface area contributed by atoms with E-state index in [9.17, 15) is 13.2 Å². The third-order valence-electron chi connectivity index (χ3n) is 2.85. The second-order valence-electron chi connectivity index (χ2n) is 4.95. The molecule has 0 fully saturated rings. The number of ether oxygens (including phenoxy) is 1. The summed E-state index contributed by atoms with van der Waals surface area (Å²) >= 11 is 0. The summed E-state index contributed by atoms with van der Waals surface area (Å²) in [5.74, 6) is -3.29. The summed E-state index contributed by atoms with van der Waals surface area (Å²) in [5.41, 5.74) is 0.744. The molecule has 0 bridgehead atoms. The molecular weight excluding hydrogens is 279 g/mol. The van der Waals surface area contributed by atoms with Gasteiger partial charge in [0, 0.05) is 12.6 Å². The molecule has 0 aromatic heterocycles. The molecular formula is C16H16F3NO. The number of rotatable bonds is 5. The van der Waals surface area contributed by atoms with Crippen molar-refractivity contribution in [3.05, 3.63) is 59.4 Å². The van der Waals surface area contributed by atoms with E-state index in [0.717, 1.165) is 11.6 Å². The molecule has 0 atom stereocenters. The van der Waals surface area contributed by atoms with E-state index in [1.165, 1.54) is 24.3 Å². The van der Waals surface area contributed by atoms with Crippen LogP contribution in [-0.2, 0) is 6.54 Å². The Kier molecular flexibility index (Phi) is 4.85. The first kappa shape index (κ1) is 15.4. The molecule has 0 aliphatic heterocycles. The highest BCUT2D eigenvalue weighted by atomic mass is 19.2. The Morgan fingerprint density at radius 3 is 2.43 bits per heavy atom. The Labute approximate surface area is 121 Å². The summed E-state index contributed by atoms with van der Waals surface area (Å²) in [6, 6.07) is 8.17. The van der Waals surface area contributed by atoms with Crippen molar-refractivity contribution >= 4 is 0 Å². The topological polar surface area (TPSA) is 21.3 Å². The lowest BCUT2D eigenvalue weighted by molar-refractivity contribution is 0.396. The minimum atomic E-state index is -1.14. The molecule has 0 heterocycles. The molecule has 2 rings (SSSR count). The zero-order chi connectivity index (χ0) is 15.4. The number of hydrogen-bond donors (Lipinski definition) is 1. The van der Waals surface area contributed by atoms with Gasteiger partial charge >= 0.3 is 0 Å². The van der Waals surface area contributed by atoms with Crippen molar-refractivity contribution in [1.82, 2.24) is 5.32 Å². The Bertz CT molecular complexity index is 629. The zero-order valence-electron chi connectivity index (χ0n) is 11.8. The maximum Gasteiger partial charge on any atom is 0.201 e. The highest BCUT2D eigenvalue weighted by molar-refractivity contribution is 5.35. The maximum absolute atomic E-state index is 13.9. The van der Waals surface area contributed by atoms with E-state index < -0.39 is 17.5 Å². The van der Waals surface area contributed by atoms with Crippen molar-refractivity contribution < 1.29 is 17.9 Å². The van der Waals surface area contributed by atoms with E-state index >= 15 is 0 Å². The van der Waals surface area contributed by atoms with Gasteiger partial charge < -0.3 is 10.1 Å². The van der Waals surface area contributed by atoms with Gasteiger partial charge in [0.05, 0.1) is 0 Å². The lowest BCUT2D eigenvalue weighted by atomic mass is 10.2. The summed E-state index contributed by atoms with van der Waals surface area (Å²) in [7, 11) is 0. The molecule has 0 aliphatic rings. The number of nitrogens with one attached hydrogen (secondary N) is 1. The Hall–Kier alpha value is -2.01.